The lowest BCUT2D eigenvalue weighted by Crippen LogP contribution is -2.17. The van der Waals surface area contributed by atoms with Crippen molar-refractivity contribution in [1.29, 1.82) is 0 Å². The summed E-state index contributed by atoms with van der Waals surface area (Å²) in [6.45, 7) is 1.55. The molecule has 0 bridgehead atoms. The standard InChI is InChI=1S/C14H10F2N2O5S/c1-2-23-14(20)7-6-10(18(21)22)24-13(7)17-12(19)11-8(15)4-3-5-9(11)16/h3-6H,2H2,1H3,(H,17,19). The Kier molecular flexibility index (Phi) is 5.19. The van der Waals surface area contributed by atoms with E-state index in [2.05, 4.69) is 5.32 Å². The largest absolute Gasteiger partial charge is 0.462 e. The topological polar surface area (TPSA) is 98.5 Å². The van der Waals surface area contributed by atoms with E-state index in [-0.39, 0.29) is 17.2 Å². The third-order valence-electron chi connectivity index (χ3n) is 2.81. The highest BCUT2D eigenvalue weighted by Gasteiger charge is 2.26. The number of ether oxygens (including phenoxy) is 1. The third kappa shape index (κ3) is 3.54. The van der Waals surface area contributed by atoms with E-state index in [4.69, 9.17) is 4.74 Å². The zero-order valence-electron chi connectivity index (χ0n) is 12.2. The molecule has 0 unspecified atom stereocenters. The van der Waals surface area contributed by atoms with E-state index in [0.29, 0.717) is 11.3 Å². The van der Waals surface area contributed by atoms with Crippen LogP contribution in [-0.4, -0.2) is 23.4 Å². The fourth-order valence-corrected chi connectivity index (χ4v) is 2.66. The summed E-state index contributed by atoms with van der Waals surface area (Å²) >= 11 is 0.480. The second kappa shape index (κ2) is 7.13. The summed E-state index contributed by atoms with van der Waals surface area (Å²) in [6, 6.07) is 3.79. The van der Waals surface area contributed by atoms with Gasteiger partial charge in [-0.05, 0) is 30.4 Å². The quantitative estimate of drug-likeness (QED) is 0.503. The van der Waals surface area contributed by atoms with Crippen LogP contribution in [0, 0.1) is 21.7 Å². The van der Waals surface area contributed by atoms with Gasteiger partial charge in [0.2, 0.25) is 0 Å². The first-order chi connectivity index (χ1) is 11.3. The van der Waals surface area contributed by atoms with E-state index in [1.807, 2.05) is 0 Å². The van der Waals surface area contributed by atoms with Gasteiger partial charge in [-0.25, -0.2) is 13.6 Å². The van der Waals surface area contributed by atoms with Crippen molar-refractivity contribution in [3.05, 3.63) is 57.1 Å². The molecule has 1 aromatic carbocycles. The fourth-order valence-electron chi connectivity index (χ4n) is 1.80. The number of rotatable bonds is 5. The molecule has 1 N–H and O–H groups in total. The van der Waals surface area contributed by atoms with Crippen LogP contribution < -0.4 is 5.32 Å². The molecule has 0 saturated carbocycles. The maximum atomic E-state index is 13.6. The highest BCUT2D eigenvalue weighted by Crippen LogP contribution is 2.34. The molecule has 0 aliphatic rings. The number of carbonyl (C=O) groups excluding carboxylic acids is 2. The molecule has 2 aromatic rings. The minimum Gasteiger partial charge on any atom is -0.462 e. The summed E-state index contributed by atoms with van der Waals surface area (Å²) < 4.78 is 32.0. The summed E-state index contributed by atoms with van der Waals surface area (Å²) in [5.74, 6) is -4.27. The fraction of sp³-hybridized carbons (Fsp3) is 0.143. The number of halogens is 2. The summed E-state index contributed by atoms with van der Waals surface area (Å²) in [7, 11) is 0. The number of nitrogens with zero attached hydrogens (tertiary/aromatic N) is 1. The van der Waals surface area contributed by atoms with Crippen molar-refractivity contribution in [3.63, 3.8) is 0 Å². The van der Waals surface area contributed by atoms with Gasteiger partial charge in [0.1, 0.15) is 27.8 Å². The van der Waals surface area contributed by atoms with Crippen LogP contribution in [0.5, 0.6) is 0 Å². The molecule has 0 aliphatic carbocycles. The van der Waals surface area contributed by atoms with Crippen molar-refractivity contribution in [2.45, 2.75) is 6.92 Å². The normalized spacial score (nSPS) is 10.3. The number of anilines is 1. The van der Waals surface area contributed by atoms with Crippen LogP contribution in [-0.2, 0) is 4.74 Å². The number of thiophene rings is 1. The number of carbonyl (C=O) groups is 2. The molecule has 0 saturated heterocycles. The molecule has 0 spiro atoms. The van der Waals surface area contributed by atoms with Gasteiger partial charge in [0.15, 0.2) is 0 Å². The van der Waals surface area contributed by atoms with Crippen molar-refractivity contribution in [1.82, 2.24) is 0 Å². The Balaban J connectivity index is 2.39. The van der Waals surface area contributed by atoms with E-state index in [1.165, 1.54) is 6.92 Å². The highest BCUT2D eigenvalue weighted by molar-refractivity contribution is 7.19. The zero-order valence-corrected chi connectivity index (χ0v) is 13.0. The van der Waals surface area contributed by atoms with Gasteiger partial charge in [-0.15, -0.1) is 0 Å². The Morgan fingerprint density at radius 3 is 2.50 bits per heavy atom. The first-order valence-electron chi connectivity index (χ1n) is 6.55. The number of nitro groups is 1. The zero-order chi connectivity index (χ0) is 17.9. The van der Waals surface area contributed by atoms with E-state index in [1.54, 1.807) is 0 Å². The number of hydrogen-bond donors (Lipinski definition) is 1. The molecule has 24 heavy (non-hydrogen) atoms. The number of benzene rings is 1. The van der Waals surface area contributed by atoms with Crippen LogP contribution in [0.4, 0.5) is 18.8 Å². The molecule has 126 valence electrons. The Hall–Kier alpha value is -2.88. The van der Waals surface area contributed by atoms with Crippen molar-refractivity contribution in [2.75, 3.05) is 11.9 Å². The molecule has 2 rings (SSSR count). The van der Waals surface area contributed by atoms with E-state index in [9.17, 15) is 28.5 Å². The van der Waals surface area contributed by atoms with E-state index < -0.39 is 39.0 Å². The molecular formula is C14H10F2N2O5S. The van der Waals surface area contributed by atoms with Gasteiger partial charge in [-0.3, -0.25) is 14.9 Å². The molecule has 0 aliphatic heterocycles. The SMILES string of the molecule is CCOC(=O)c1cc([N+](=O)[O-])sc1NC(=O)c1c(F)cccc1F. The van der Waals surface area contributed by atoms with E-state index in [0.717, 1.165) is 24.3 Å². The Labute approximate surface area is 138 Å². The predicted octanol–water partition coefficient (Wildman–Crippen LogP) is 3.36. The summed E-state index contributed by atoms with van der Waals surface area (Å²) in [6.07, 6.45) is 0. The summed E-state index contributed by atoms with van der Waals surface area (Å²) in [4.78, 5) is 34.0. The molecule has 1 heterocycles. The lowest BCUT2D eigenvalue weighted by Gasteiger charge is -2.07. The minimum atomic E-state index is -1.17. The first kappa shape index (κ1) is 17.5. The Bertz CT molecular complexity index is 801. The van der Waals surface area contributed by atoms with Gasteiger partial charge in [-0.2, -0.15) is 0 Å². The van der Waals surface area contributed by atoms with Crippen LogP contribution in [0.1, 0.15) is 27.6 Å². The lowest BCUT2D eigenvalue weighted by molar-refractivity contribution is -0.380. The van der Waals surface area contributed by atoms with Gasteiger partial charge in [0, 0.05) is 6.07 Å². The van der Waals surface area contributed by atoms with Gasteiger partial charge >= 0.3 is 11.0 Å². The van der Waals surface area contributed by atoms with Crippen LogP contribution in [0.3, 0.4) is 0 Å². The molecule has 0 radical (unpaired) electrons. The van der Waals surface area contributed by atoms with Crippen LogP contribution >= 0.6 is 11.3 Å². The number of amides is 1. The second-order valence-corrected chi connectivity index (χ2v) is 5.39. The second-order valence-electron chi connectivity index (χ2n) is 4.36. The minimum absolute atomic E-state index is 0.0117. The van der Waals surface area contributed by atoms with Crippen molar-refractivity contribution < 1.29 is 28.0 Å². The Morgan fingerprint density at radius 2 is 1.96 bits per heavy atom. The average Bonchev–Trinajstić information content (AvgIpc) is 2.91. The summed E-state index contributed by atoms with van der Waals surface area (Å²) in [5.41, 5.74) is -1.12. The molecule has 7 nitrogen and oxygen atoms in total. The molecular weight excluding hydrogens is 346 g/mol. The average molecular weight is 356 g/mol. The van der Waals surface area contributed by atoms with E-state index >= 15 is 0 Å². The maximum Gasteiger partial charge on any atom is 0.341 e. The van der Waals surface area contributed by atoms with Crippen molar-refractivity contribution in [2.24, 2.45) is 0 Å². The van der Waals surface area contributed by atoms with Crippen LogP contribution in [0.2, 0.25) is 0 Å². The van der Waals surface area contributed by atoms with Gasteiger partial charge in [-0.1, -0.05) is 6.07 Å². The lowest BCUT2D eigenvalue weighted by atomic mass is 10.2. The number of nitrogens with one attached hydrogen (secondary N) is 1. The number of esters is 1. The van der Waals surface area contributed by atoms with Crippen molar-refractivity contribution in [3.8, 4) is 0 Å². The van der Waals surface area contributed by atoms with Crippen LogP contribution in [0.15, 0.2) is 24.3 Å². The van der Waals surface area contributed by atoms with Gasteiger partial charge < -0.3 is 10.1 Å². The molecule has 0 atom stereocenters. The monoisotopic (exact) mass is 356 g/mol. The van der Waals surface area contributed by atoms with Gasteiger partial charge in [0.05, 0.1) is 11.5 Å². The molecule has 10 heteroatoms. The third-order valence-corrected chi connectivity index (χ3v) is 3.81. The first-order valence-corrected chi connectivity index (χ1v) is 7.37. The predicted molar refractivity (Wildman–Crippen MR) is 81.2 cm³/mol. The highest BCUT2D eigenvalue weighted by atomic mass is 32.1. The number of hydrogen-bond acceptors (Lipinski definition) is 6. The van der Waals surface area contributed by atoms with Gasteiger partial charge in [0.25, 0.3) is 5.91 Å². The molecule has 1 aromatic heterocycles. The van der Waals surface area contributed by atoms with Crippen molar-refractivity contribution >= 4 is 33.2 Å². The summed E-state index contributed by atoms with van der Waals surface area (Å²) in [5, 5.41) is 12.3. The van der Waals surface area contributed by atoms with Crippen LogP contribution in [0.25, 0.3) is 0 Å². The Morgan fingerprint density at radius 1 is 1.33 bits per heavy atom. The molecule has 1 amide bonds. The smallest absolute Gasteiger partial charge is 0.341 e. The maximum absolute atomic E-state index is 13.6. The molecule has 0 fully saturated rings.